The molecule has 2 saturated heterocycles. The number of carbonyl (C=O) groups is 5. The van der Waals surface area contributed by atoms with Crippen molar-refractivity contribution in [3.8, 4) is 0 Å². The third-order valence-corrected chi connectivity index (χ3v) is 5.24. The number of hydrogen-bond donors (Lipinski definition) is 3. The second-order valence-electron chi connectivity index (χ2n) is 8.12. The molecular weight excluding hydrogens is 390 g/mol. The van der Waals surface area contributed by atoms with Gasteiger partial charge in [0, 0.05) is 20.0 Å². The number of nitrogens with one attached hydrogen (secondary N) is 3. The third kappa shape index (κ3) is 5.80. The highest BCUT2D eigenvalue weighted by Crippen LogP contribution is 2.20. The Balaban J connectivity index is 2.15. The van der Waals surface area contributed by atoms with Gasteiger partial charge in [-0.25, -0.2) is 5.01 Å². The quantitative estimate of drug-likeness (QED) is 0.353. The van der Waals surface area contributed by atoms with Crippen molar-refractivity contribution in [1.29, 1.82) is 0 Å². The molecule has 0 radical (unpaired) electrons. The molecule has 0 unspecified atom stereocenters. The maximum atomic E-state index is 13.1. The number of hydrogen-bond acceptors (Lipinski definition) is 5. The number of amides is 5. The van der Waals surface area contributed by atoms with E-state index in [-0.39, 0.29) is 30.2 Å². The van der Waals surface area contributed by atoms with Crippen LogP contribution in [-0.4, -0.2) is 71.2 Å². The smallest absolute Gasteiger partial charge is 0.264 e. The molecule has 0 aromatic heterocycles. The molecule has 10 heteroatoms. The van der Waals surface area contributed by atoms with Gasteiger partial charge in [0.25, 0.3) is 11.8 Å². The average Bonchev–Trinajstić information content (AvgIpc) is 3.23. The first-order valence-corrected chi connectivity index (χ1v) is 10.2. The Bertz CT molecular complexity index is 722. The lowest BCUT2D eigenvalue weighted by Gasteiger charge is -2.32. The van der Waals surface area contributed by atoms with Gasteiger partial charge in [-0.15, -0.1) is 0 Å². The topological polar surface area (TPSA) is 128 Å². The van der Waals surface area contributed by atoms with Crippen LogP contribution in [0.25, 0.3) is 0 Å². The van der Waals surface area contributed by atoms with Gasteiger partial charge in [0.15, 0.2) is 0 Å². The first kappa shape index (κ1) is 23.4. The fraction of sp³-hybridized carbons (Fsp3) is 0.650. The van der Waals surface area contributed by atoms with E-state index < -0.39 is 29.8 Å². The number of likely N-dealkylation sites (tertiary alicyclic amines) is 1. The van der Waals surface area contributed by atoms with E-state index in [1.165, 1.54) is 11.8 Å². The monoisotopic (exact) mass is 421 g/mol. The molecule has 10 nitrogen and oxygen atoms in total. The Morgan fingerprint density at radius 1 is 1.30 bits per heavy atom. The van der Waals surface area contributed by atoms with E-state index in [1.807, 2.05) is 13.8 Å². The summed E-state index contributed by atoms with van der Waals surface area (Å²) in [5.74, 6) is -2.14. The molecule has 30 heavy (non-hydrogen) atoms. The van der Waals surface area contributed by atoms with Crippen LogP contribution in [0.3, 0.4) is 0 Å². The van der Waals surface area contributed by atoms with Crippen molar-refractivity contribution in [2.75, 3.05) is 19.6 Å². The van der Waals surface area contributed by atoms with Crippen LogP contribution in [-0.2, 0) is 24.0 Å². The molecule has 3 N–H and O–H groups in total. The molecule has 0 aromatic carbocycles. The van der Waals surface area contributed by atoms with Crippen molar-refractivity contribution in [3.63, 3.8) is 0 Å². The molecule has 0 spiro atoms. The van der Waals surface area contributed by atoms with Crippen LogP contribution in [0.1, 0.15) is 40.0 Å². The fourth-order valence-corrected chi connectivity index (χ4v) is 3.76. The molecule has 5 amide bonds. The number of hydrazine groups is 1. The summed E-state index contributed by atoms with van der Waals surface area (Å²) in [5, 5.41) is 6.40. The Hall–Kier alpha value is -2.91. The average molecular weight is 421 g/mol. The van der Waals surface area contributed by atoms with Gasteiger partial charge in [-0.05, 0) is 31.3 Å². The SMILES string of the molecule is C=CC(=O)N(C[C@@H]1CCNC1=O)NC(=O)[C@H](CC(C)C)N1CC[C@H](NC(C)=O)C1=O. The highest BCUT2D eigenvalue weighted by Gasteiger charge is 2.40. The number of nitrogens with zero attached hydrogens (tertiary/aromatic N) is 2. The van der Waals surface area contributed by atoms with E-state index in [9.17, 15) is 24.0 Å². The van der Waals surface area contributed by atoms with Crippen LogP contribution in [0.2, 0.25) is 0 Å². The predicted octanol–water partition coefficient (Wildman–Crippen LogP) is -0.680. The molecule has 0 saturated carbocycles. The van der Waals surface area contributed by atoms with Gasteiger partial charge in [0.2, 0.25) is 17.7 Å². The highest BCUT2D eigenvalue weighted by atomic mass is 16.2. The Morgan fingerprint density at radius 2 is 2.00 bits per heavy atom. The van der Waals surface area contributed by atoms with Gasteiger partial charge < -0.3 is 15.5 Å². The predicted molar refractivity (Wildman–Crippen MR) is 108 cm³/mol. The zero-order valence-corrected chi connectivity index (χ0v) is 17.8. The van der Waals surface area contributed by atoms with Crippen LogP contribution in [0.5, 0.6) is 0 Å². The zero-order valence-electron chi connectivity index (χ0n) is 17.8. The summed E-state index contributed by atoms with van der Waals surface area (Å²) in [7, 11) is 0. The normalized spacial score (nSPS) is 21.9. The standard InChI is InChI=1S/C20H31N5O5/c1-5-17(27)25(11-14-6-8-21-18(14)28)23-19(29)16(10-12(2)3)24-9-7-15(20(24)30)22-13(4)26/h5,12,14-16H,1,6-11H2,2-4H3,(H,21,28)(H,22,26)(H,23,29)/t14-,15-,16-/m0/s1. The van der Waals surface area contributed by atoms with E-state index in [1.54, 1.807) is 0 Å². The van der Waals surface area contributed by atoms with Crippen molar-refractivity contribution in [1.82, 2.24) is 26.0 Å². The van der Waals surface area contributed by atoms with Crippen LogP contribution >= 0.6 is 0 Å². The van der Waals surface area contributed by atoms with Crippen LogP contribution in [0, 0.1) is 11.8 Å². The molecule has 2 aliphatic heterocycles. The Morgan fingerprint density at radius 3 is 2.53 bits per heavy atom. The molecule has 2 fully saturated rings. The van der Waals surface area contributed by atoms with Crippen LogP contribution in [0.15, 0.2) is 12.7 Å². The van der Waals surface area contributed by atoms with Crippen LogP contribution in [0.4, 0.5) is 0 Å². The molecule has 2 rings (SSSR count). The van der Waals surface area contributed by atoms with Crippen molar-refractivity contribution in [3.05, 3.63) is 12.7 Å². The first-order chi connectivity index (χ1) is 14.1. The lowest BCUT2D eigenvalue weighted by molar-refractivity contribution is -0.146. The molecule has 0 bridgehead atoms. The Labute approximate surface area is 176 Å². The van der Waals surface area contributed by atoms with E-state index in [2.05, 4.69) is 22.6 Å². The number of carbonyl (C=O) groups excluding carboxylic acids is 5. The summed E-state index contributed by atoms with van der Waals surface area (Å²) < 4.78 is 0. The van der Waals surface area contributed by atoms with Gasteiger partial charge in [0.05, 0.1) is 12.5 Å². The van der Waals surface area contributed by atoms with Crippen molar-refractivity contribution in [2.45, 2.75) is 52.1 Å². The largest absolute Gasteiger partial charge is 0.356 e. The second-order valence-corrected chi connectivity index (χ2v) is 8.12. The molecule has 2 aliphatic rings. The molecule has 0 aromatic rings. The highest BCUT2D eigenvalue weighted by molar-refractivity contribution is 5.95. The molecule has 166 valence electrons. The summed E-state index contributed by atoms with van der Waals surface area (Å²) in [6.45, 7) is 9.54. The molecule has 3 atom stereocenters. The third-order valence-electron chi connectivity index (χ3n) is 5.24. The lowest BCUT2D eigenvalue weighted by Crippen LogP contribution is -2.56. The zero-order chi connectivity index (χ0) is 22.4. The maximum absolute atomic E-state index is 13.1. The van der Waals surface area contributed by atoms with Gasteiger partial charge in [-0.3, -0.25) is 29.4 Å². The maximum Gasteiger partial charge on any atom is 0.264 e. The lowest BCUT2D eigenvalue weighted by atomic mass is 10.0. The summed E-state index contributed by atoms with van der Waals surface area (Å²) in [6, 6.07) is -1.45. The Kier molecular flexibility index (Phi) is 7.96. The minimum Gasteiger partial charge on any atom is -0.356 e. The summed E-state index contributed by atoms with van der Waals surface area (Å²) in [4.78, 5) is 62.8. The van der Waals surface area contributed by atoms with Crippen molar-refractivity contribution < 1.29 is 24.0 Å². The van der Waals surface area contributed by atoms with Gasteiger partial charge in [-0.2, -0.15) is 0 Å². The van der Waals surface area contributed by atoms with Gasteiger partial charge in [0.1, 0.15) is 12.1 Å². The minimum absolute atomic E-state index is 0.0271. The molecule has 2 heterocycles. The van der Waals surface area contributed by atoms with Gasteiger partial charge >= 0.3 is 0 Å². The number of rotatable bonds is 8. The molecule has 0 aliphatic carbocycles. The summed E-state index contributed by atoms with van der Waals surface area (Å²) in [6.07, 6.45) is 2.44. The van der Waals surface area contributed by atoms with Crippen molar-refractivity contribution >= 4 is 29.5 Å². The van der Waals surface area contributed by atoms with Crippen molar-refractivity contribution in [2.24, 2.45) is 11.8 Å². The first-order valence-electron chi connectivity index (χ1n) is 10.2. The summed E-state index contributed by atoms with van der Waals surface area (Å²) in [5.41, 5.74) is 2.59. The van der Waals surface area contributed by atoms with E-state index in [0.717, 1.165) is 11.1 Å². The summed E-state index contributed by atoms with van der Waals surface area (Å²) >= 11 is 0. The molecular formula is C20H31N5O5. The fourth-order valence-electron chi connectivity index (χ4n) is 3.76. The van der Waals surface area contributed by atoms with E-state index >= 15 is 0 Å². The minimum atomic E-state index is -0.797. The van der Waals surface area contributed by atoms with Gasteiger partial charge in [-0.1, -0.05) is 20.4 Å². The van der Waals surface area contributed by atoms with E-state index in [4.69, 9.17) is 0 Å². The second kappa shape index (κ2) is 10.2. The van der Waals surface area contributed by atoms with E-state index in [0.29, 0.717) is 32.4 Å². The van der Waals surface area contributed by atoms with Crippen LogP contribution < -0.4 is 16.1 Å².